The first-order valence-electron chi connectivity index (χ1n) is 10.9. The molecule has 1 saturated heterocycles. The average Bonchev–Trinajstić information content (AvgIpc) is 3.14. The summed E-state index contributed by atoms with van der Waals surface area (Å²) in [5.41, 5.74) is 0. The maximum Gasteiger partial charge on any atom is 0.191 e. The van der Waals surface area contributed by atoms with Gasteiger partial charge in [0.2, 0.25) is 0 Å². The van der Waals surface area contributed by atoms with Gasteiger partial charge in [0.05, 0.1) is 5.75 Å². The van der Waals surface area contributed by atoms with Crippen LogP contribution in [0.4, 0.5) is 0 Å². The Balaban J connectivity index is 0.00000392. The van der Waals surface area contributed by atoms with Crippen LogP contribution in [0.2, 0.25) is 0 Å². The summed E-state index contributed by atoms with van der Waals surface area (Å²) in [5, 5.41) is 6.94. The second-order valence-electron chi connectivity index (χ2n) is 8.30. The molecule has 0 aromatic carbocycles. The molecule has 1 aliphatic carbocycles. The topological polar surface area (TPSA) is 73.8 Å². The zero-order chi connectivity index (χ0) is 19.5. The predicted molar refractivity (Wildman–Crippen MR) is 130 cm³/mol. The second kappa shape index (κ2) is 14.0. The van der Waals surface area contributed by atoms with Crippen molar-refractivity contribution in [2.75, 3.05) is 44.7 Å². The Labute approximate surface area is 189 Å². The molecule has 0 radical (unpaired) electrons. The minimum atomic E-state index is -2.87. The fraction of sp³-hybridized carbons (Fsp3) is 0.950. The highest BCUT2D eigenvalue weighted by Crippen LogP contribution is 2.28. The summed E-state index contributed by atoms with van der Waals surface area (Å²) >= 11 is 0. The van der Waals surface area contributed by atoms with Crippen molar-refractivity contribution < 1.29 is 8.42 Å². The lowest BCUT2D eigenvalue weighted by molar-refractivity contribution is 0.216. The predicted octanol–water partition coefficient (Wildman–Crippen LogP) is 3.03. The van der Waals surface area contributed by atoms with Crippen LogP contribution in [0.25, 0.3) is 0 Å². The Hall–Kier alpha value is -0.0900. The van der Waals surface area contributed by atoms with Gasteiger partial charge in [0, 0.05) is 45.0 Å². The van der Waals surface area contributed by atoms with E-state index in [-0.39, 0.29) is 29.7 Å². The molecule has 6 nitrogen and oxygen atoms in total. The number of aliphatic imine (C=N–C) groups is 1. The molecule has 2 rings (SSSR count). The van der Waals surface area contributed by atoms with E-state index in [1.165, 1.54) is 51.2 Å². The number of unbranched alkanes of at least 4 members (excludes halogenated alkanes) is 1. The van der Waals surface area contributed by atoms with E-state index in [9.17, 15) is 8.42 Å². The van der Waals surface area contributed by atoms with Crippen LogP contribution in [0.3, 0.4) is 0 Å². The number of nitrogens with one attached hydrogen (secondary N) is 2. The molecule has 0 unspecified atom stereocenters. The molecule has 28 heavy (non-hydrogen) atoms. The van der Waals surface area contributed by atoms with Gasteiger partial charge in [-0.15, -0.1) is 24.0 Å². The Bertz CT molecular complexity index is 542. The molecule has 1 heterocycles. The van der Waals surface area contributed by atoms with Crippen molar-refractivity contribution >= 4 is 39.8 Å². The average molecular weight is 529 g/mol. The Kier molecular flexibility index (Phi) is 13.0. The molecule has 0 aromatic rings. The van der Waals surface area contributed by atoms with Gasteiger partial charge >= 0.3 is 0 Å². The molecule has 2 N–H and O–H groups in total. The Morgan fingerprint density at radius 1 is 1.11 bits per heavy atom. The number of hydrogen-bond donors (Lipinski definition) is 2. The van der Waals surface area contributed by atoms with E-state index in [1.807, 2.05) is 0 Å². The fourth-order valence-electron chi connectivity index (χ4n) is 4.14. The van der Waals surface area contributed by atoms with Crippen LogP contribution in [-0.4, -0.2) is 70.1 Å². The molecule has 8 heteroatoms. The van der Waals surface area contributed by atoms with E-state index in [0.29, 0.717) is 12.6 Å². The lowest BCUT2D eigenvalue weighted by Gasteiger charge is -2.32. The first kappa shape index (κ1) is 25.9. The molecule has 1 saturated carbocycles. The minimum Gasteiger partial charge on any atom is -0.357 e. The van der Waals surface area contributed by atoms with Crippen molar-refractivity contribution in [1.29, 1.82) is 0 Å². The van der Waals surface area contributed by atoms with Crippen LogP contribution in [-0.2, 0) is 9.84 Å². The smallest absolute Gasteiger partial charge is 0.191 e. The van der Waals surface area contributed by atoms with Gasteiger partial charge in [-0.25, -0.2) is 8.42 Å². The van der Waals surface area contributed by atoms with Gasteiger partial charge in [-0.05, 0) is 32.1 Å². The number of guanidine groups is 1. The van der Waals surface area contributed by atoms with Crippen LogP contribution in [0, 0.1) is 5.92 Å². The Morgan fingerprint density at radius 2 is 1.79 bits per heavy atom. The number of rotatable bonds is 10. The van der Waals surface area contributed by atoms with Crippen molar-refractivity contribution in [3.8, 4) is 0 Å². The maximum atomic E-state index is 11.3. The van der Waals surface area contributed by atoms with Crippen molar-refractivity contribution in [3.63, 3.8) is 0 Å². The number of halogens is 1. The van der Waals surface area contributed by atoms with E-state index in [0.717, 1.165) is 50.9 Å². The molecule has 166 valence electrons. The second-order valence-corrected chi connectivity index (χ2v) is 10.6. The van der Waals surface area contributed by atoms with Crippen molar-refractivity contribution in [2.24, 2.45) is 10.9 Å². The molecule has 0 bridgehead atoms. The quantitative estimate of drug-likeness (QED) is 0.197. The number of hydrogen-bond acceptors (Lipinski definition) is 4. The van der Waals surface area contributed by atoms with Gasteiger partial charge in [-0.3, -0.25) is 4.99 Å². The minimum absolute atomic E-state index is 0. The number of likely N-dealkylation sites (tertiary alicyclic amines) is 1. The first-order chi connectivity index (χ1) is 13.0. The monoisotopic (exact) mass is 528 g/mol. The molecular formula is C20H41IN4O2S. The van der Waals surface area contributed by atoms with Crippen LogP contribution in [0.5, 0.6) is 0 Å². The highest BCUT2D eigenvalue weighted by Gasteiger charge is 2.20. The third-order valence-corrected chi connectivity index (χ3v) is 6.74. The highest BCUT2D eigenvalue weighted by atomic mass is 127. The zero-order valence-electron chi connectivity index (χ0n) is 17.8. The lowest BCUT2D eigenvalue weighted by Crippen LogP contribution is -2.49. The molecule has 0 atom stereocenters. The van der Waals surface area contributed by atoms with Gasteiger partial charge in [-0.2, -0.15) is 0 Å². The number of piperidine rings is 1. The van der Waals surface area contributed by atoms with Gasteiger partial charge < -0.3 is 15.5 Å². The molecule has 0 spiro atoms. The van der Waals surface area contributed by atoms with Crippen LogP contribution in [0.1, 0.15) is 64.7 Å². The first-order valence-corrected chi connectivity index (χ1v) is 13.0. The van der Waals surface area contributed by atoms with Crippen molar-refractivity contribution in [3.05, 3.63) is 0 Å². The number of nitrogens with zero attached hydrogens (tertiary/aromatic N) is 2. The standard InChI is InChI=1S/C20H40N4O2S.HI/c1-3-21-20(22-13-7-6-10-18-8-4-5-9-18)23-19-11-14-24(15-12-19)16-17-27(2,25)26;/h18-19H,3-17H2,1-2H3,(H2,21,22,23);1H. The van der Waals surface area contributed by atoms with Gasteiger partial charge in [0.25, 0.3) is 0 Å². The SMILES string of the molecule is CCNC(=NCCCCC1CCCC1)NC1CCN(CCS(C)(=O)=O)CC1.I. The summed E-state index contributed by atoms with van der Waals surface area (Å²) < 4.78 is 22.6. The van der Waals surface area contributed by atoms with Gasteiger partial charge in [0.15, 0.2) is 5.96 Å². The maximum absolute atomic E-state index is 11.3. The largest absolute Gasteiger partial charge is 0.357 e. The van der Waals surface area contributed by atoms with Gasteiger partial charge in [-0.1, -0.05) is 38.5 Å². The third kappa shape index (κ3) is 11.2. The summed E-state index contributed by atoms with van der Waals surface area (Å²) in [4.78, 5) is 7.02. The van der Waals surface area contributed by atoms with Crippen molar-refractivity contribution in [1.82, 2.24) is 15.5 Å². The normalized spacial score (nSPS) is 20.1. The molecule has 0 aromatic heterocycles. The summed E-state index contributed by atoms with van der Waals surface area (Å²) in [7, 11) is -2.87. The summed E-state index contributed by atoms with van der Waals surface area (Å²) in [6.45, 7) is 6.43. The van der Waals surface area contributed by atoms with E-state index in [4.69, 9.17) is 4.99 Å². The summed E-state index contributed by atoms with van der Waals surface area (Å²) in [6.07, 6.45) is 13.0. The van der Waals surface area contributed by atoms with E-state index in [2.05, 4.69) is 22.5 Å². The van der Waals surface area contributed by atoms with Crippen LogP contribution < -0.4 is 10.6 Å². The molecule has 1 aliphatic heterocycles. The Morgan fingerprint density at radius 3 is 2.39 bits per heavy atom. The highest BCUT2D eigenvalue weighted by molar-refractivity contribution is 14.0. The fourth-order valence-corrected chi connectivity index (χ4v) is 4.73. The van der Waals surface area contributed by atoms with E-state index in [1.54, 1.807) is 0 Å². The molecule has 2 aliphatic rings. The van der Waals surface area contributed by atoms with Crippen molar-refractivity contribution in [2.45, 2.75) is 70.8 Å². The van der Waals surface area contributed by atoms with Gasteiger partial charge in [0.1, 0.15) is 9.84 Å². The molecule has 0 amide bonds. The zero-order valence-corrected chi connectivity index (χ0v) is 20.9. The number of sulfone groups is 1. The lowest BCUT2D eigenvalue weighted by atomic mass is 10.0. The van der Waals surface area contributed by atoms with Crippen LogP contribution >= 0.6 is 24.0 Å². The van der Waals surface area contributed by atoms with E-state index >= 15 is 0 Å². The van der Waals surface area contributed by atoms with Crippen LogP contribution in [0.15, 0.2) is 4.99 Å². The van der Waals surface area contributed by atoms with E-state index < -0.39 is 9.84 Å². The summed E-state index contributed by atoms with van der Waals surface area (Å²) in [5.74, 6) is 2.18. The molecular weight excluding hydrogens is 487 g/mol. The molecule has 2 fully saturated rings. The third-order valence-electron chi connectivity index (χ3n) is 5.82. The summed E-state index contributed by atoms with van der Waals surface area (Å²) in [6, 6.07) is 0.427.